The van der Waals surface area contributed by atoms with Gasteiger partial charge in [0.1, 0.15) is 5.25 Å². The van der Waals surface area contributed by atoms with Crippen LogP contribution in [-0.2, 0) is 70.4 Å². The van der Waals surface area contributed by atoms with Gasteiger partial charge >= 0.3 is 11.9 Å². The second-order valence-electron chi connectivity index (χ2n) is 6.94. The topological polar surface area (TPSA) is 170 Å². The summed E-state index contributed by atoms with van der Waals surface area (Å²) in [5, 5.41) is 20.5. The lowest BCUT2D eigenvalue weighted by atomic mass is 9.79. The third-order valence-corrected chi connectivity index (χ3v) is 16.8. The molecule has 0 aliphatic heterocycles. The smallest absolute Gasteiger partial charge is 0.320 e. The molecule has 0 spiro atoms. The number of carboxylic acids is 2. The van der Waals surface area contributed by atoms with Crippen molar-refractivity contribution in [3.63, 3.8) is 0 Å². The molecular formula is C20H36O12P2S4-2. The third-order valence-electron chi connectivity index (χ3n) is 4.98. The van der Waals surface area contributed by atoms with Gasteiger partial charge < -0.3 is 47.4 Å². The van der Waals surface area contributed by atoms with E-state index in [1.807, 2.05) is 0 Å². The van der Waals surface area contributed by atoms with Crippen LogP contribution in [0.4, 0.5) is 0 Å². The molecule has 38 heavy (non-hydrogen) atoms. The molecule has 18 heteroatoms. The molecule has 0 aliphatic rings. The van der Waals surface area contributed by atoms with Gasteiger partial charge in [0.05, 0.1) is 30.9 Å². The number of hydrogen-bond donors (Lipinski definition) is 0. The molecule has 0 aromatic carbocycles. The first-order chi connectivity index (χ1) is 17.6. The molecule has 0 aliphatic carbocycles. The first kappa shape index (κ1) is 39.9. The van der Waals surface area contributed by atoms with Gasteiger partial charge in [-0.25, -0.2) is 0 Å². The lowest BCUT2D eigenvalue weighted by Crippen LogP contribution is -2.54. The van der Waals surface area contributed by atoms with Crippen molar-refractivity contribution in [1.82, 2.24) is 0 Å². The number of hydrogen-bond acceptors (Lipinski definition) is 16. The zero-order valence-corrected chi connectivity index (χ0v) is 27.7. The van der Waals surface area contributed by atoms with E-state index in [1.54, 1.807) is 27.7 Å². The van der Waals surface area contributed by atoms with E-state index in [4.69, 9.17) is 51.2 Å². The molecule has 224 valence electrons. The Morgan fingerprint density at radius 1 is 0.789 bits per heavy atom. The van der Waals surface area contributed by atoms with E-state index in [1.165, 1.54) is 28.4 Å². The molecule has 0 saturated heterocycles. The van der Waals surface area contributed by atoms with Gasteiger partial charge in [-0.3, -0.25) is 9.59 Å². The number of ether oxygens (including phenoxy) is 2. The molecule has 0 bridgehead atoms. The van der Waals surface area contributed by atoms with Crippen molar-refractivity contribution >= 4 is 81.6 Å². The summed E-state index contributed by atoms with van der Waals surface area (Å²) in [5.41, 5.74) is -7.13. The van der Waals surface area contributed by atoms with Gasteiger partial charge in [0.25, 0.3) is 0 Å². The molecule has 0 rings (SSSR count). The maximum Gasteiger partial charge on any atom is 0.320 e. The van der Waals surface area contributed by atoms with Gasteiger partial charge in [-0.1, -0.05) is 36.6 Å². The van der Waals surface area contributed by atoms with Gasteiger partial charge in [-0.15, -0.1) is 0 Å². The number of carbonyl (C=O) groups is 4. The average molecular weight is 659 g/mol. The van der Waals surface area contributed by atoms with Gasteiger partial charge in [-0.05, 0) is 50.3 Å². The van der Waals surface area contributed by atoms with Crippen molar-refractivity contribution in [1.29, 1.82) is 0 Å². The summed E-state index contributed by atoms with van der Waals surface area (Å²) in [7, 11) is 5.40. The first-order valence-corrected chi connectivity index (χ1v) is 19.4. The lowest BCUT2D eigenvalue weighted by Gasteiger charge is -2.41. The highest BCUT2D eigenvalue weighted by molar-refractivity contribution is 8.68. The Bertz CT molecular complexity index is 853. The minimum atomic E-state index is -2.92. The van der Waals surface area contributed by atoms with E-state index in [2.05, 4.69) is 0 Å². The fourth-order valence-corrected chi connectivity index (χ4v) is 10.9. The number of aliphatic carboxylic acids is 2. The molecule has 0 fully saturated rings. The van der Waals surface area contributed by atoms with E-state index in [0.29, 0.717) is 11.4 Å². The molecule has 0 aromatic rings. The molecule has 12 nitrogen and oxygen atoms in total. The second-order valence-corrected chi connectivity index (χ2v) is 20.1. The Labute approximate surface area is 242 Å². The normalized spacial score (nSPS) is 13.5. The standard InChI is InChI=1S/2C10H19O6PS2/c1-5-10(6-2,9(13)14)7(8(11)12)19-17(18,15-3)16-4;1-5-15-9(11)7-8(10(12)16-6-2)19-17(18,13-3)14-4/h7H,5-6H2,1-4H3,(H,11,12)(H,13,14);8H,5-7H2,1-4H3/p-2. The molecule has 2 unspecified atom stereocenters. The molecule has 2 atom stereocenters. The largest absolute Gasteiger partial charge is 0.550 e. The molecule has 0 heterocycles. The summed E-state index contributed by atoms with van der Waals surface area (Å²) < 4.78 is 29.9. The quantitative estimate of drug-likeness (QED) is 0.155. The lowest BCUT2D eigenvalue weighted by molar-refractivity contribution is -0.327. The van der Waals surface area contributed by atoms with Crippen molar-refractivity contribution in [3.05, 3.63) is 0 Å². The van der Waals surface area contributed by atoms with Crippen molar-refractivity contribution in [2.45, 2.75) is 57.5 Å². The van der Waals surface area contributed by atoms with Crippen LogP contribution in [0.3, 0.4) is 0 Å². The van der Waals surface area contributed by atoms with Crippen LogP contribution in [0, 0.1) is 5.41 Å². The summed E-state index contributed by atoms with van der Waals surface area (Å²) in [4.78, 5) is 46.0. The van der Waals surface area contributed by atoms with Crippen LogP contribution in [0.5, 0.6) is 0 Å². The second kappa shape index (κ2) is 19.7. The van der Waals surface area contributed by atoms with Crippen LogP contribution in [0.2, 0.25) is 0 Å². The van der Waals surface area contributed by atoms with E-state index in [0.717, 1.165) is 11.4 Å². The molecule has 0 saturated carbocycles. The summed E-state index contributed by atoms with van der Waals surface area (Å²) in [6.07, 6.45) is 0.0446. The maximum absolute atomic E-state index is 11.8. The van der Waals surface area contributed by atoms with Crippen LogP contribution in [0.15, 0.2) is 0 Å². The highest BCUT2D eigenvalue weighted by Crippen LogP contribution is 2.64. The van der Waals surface area contributed by atoms with Crippen molar-refractivity contribution < 1.29 is 57.0 Å². The first-order valence-electron chi connectivity index (χ1n) is 11.2. The minimum Gasteiger partial charge on any atom is -0.550 e. The van der Waals surface area contributed by atoms with Gasteiger partial charge in [0, 0.05) is 39.8 Å². The Hall–Kier alpha value is -0.280. The molecule has 0 N–H and O–H groups in total. The van der Waals surface area contributed by atoms with Crippen LogP contribution >= 0.6 is 34.2 Å². The van der Waals surface area contributed by atoms with Crippen LogP contribution in [0.25, 0.3) is 0 Å². The van der Waals surface area contributed by atoms with Gasteiger partial charge in [0.15, 0.2) is 0 Å². The van der Waals surface area contributed by atoms with Crippen molar-refractivity contribution in [2.75, 3.05) is 41.7 Å². The number of esters is 2. The van der Waals surface area contributed by atoms with Gasteiger partial charge in [0.2, 0.25) is 11.4 Å². The predicted octanol–water partition coefficient (Wildman–Crippen LogP) is 2.03. The van der Waals surface area contributed by atoms with Crippen LogP contribution < -0.4 is 10.2 Å². The molecular weight excluding hydrogens is 622 g/mol. The highest BCUT2D eigenvalue weighted by Gasteiger charge is 2.42. The fourth-order valence-electron chi connectivity index (χ4n) is 2.76. The van der Waals surface area contributed by atoms with E-state index >= 15 is 0 Å². The van der Waals surface area contributed by atoms with E-state index in [9.17, 15) is 29.4 Å². The molecule has 0 radical (unpaired) electrons. The average Bonchev–Trinajstić information content (AvgIpc) is 2.88. The summed E-state index contributed by atoms with van der Waals surface area (Å²) >= 11 is 11.9. The maximum atomic E-state index is 11.8. The van der Waals surface area contributed by atoms with E-state index < -0.39 is 51.2 Å². The Kier molecular flexibility index (Phi) is 20.7. The third kappa shape index (κ3) is 12.9. The monoisotopic (exact) mass is 658 g/mol. The van der Waals surface area contributed by atoms with Gasteiger partial charge in [-0.2, -0.15) is 0 Å². The molecule has 0 amide bonds. The van der Waals surface area contributed by atoms with Crippen LogP contribution in [0.1, 0.15) is 47.0 Å². The number of carbonyl (C=O) groups excluding carboxylic acids is 4. The SMILES string of the molecule is CCC(CC)(C(=O)[O-])C(SP(=S)(OC)OC)C(=O)[O-].CCOC(=O)CC(SP(=S)(OC)OC)C(=O)OCC. The number of rotatable bonds is 18. The highest BCUT2D eigenvalue weighted by atomic mass is 32.9. The Balaban J connectivity index is 0. The summed E-state index contributed by atoms with van der Waals surface area (Å²) in [5.74, 6) is -3.96. The fraction of sp³-hybridized carbons (Fsp3) is 0.800. The minimum absolute atomic E-state index is 0.0836. The summed E-state index contributed by atoms with van der Waals surface area (Å²) in [6, 6.07) is 0. The van der Waals surface area contributed by atoms with Crippen molar-refractivity contribution in [2.24, 2.45) is 5.41 Å². The predicted molar refractivity (Wildman–Crippen MR) is 150 cm³/mol. The van der Waals surface area contributed by atoms with E-state index in [-0.39, 0.29) is 32.5 Å². The number of carboxylic acid groups (broad SMARTS) is 2. The zero-order chi connectivity index (χ0) is 30.2. The summed E-state index contributed by atoms with van der Waals surface area (Å²) in [6.45, 7) is 7.02. The van der Waals surface area contributed by atoms with Crippen LogP contribution in [-0.4, -0.2) is 76.0 Å². The Morgan fingerprint density at radius 2 is 1.21 bits per heavy atom. The zero-order valence-electron chi connectivity index (χ0n) is 22.6. The molecule has 0 aromatic heterocycles. The van der Waals surface area contributed by atoms with Crippen molar-refractivity contribution in [3.8, 4) is 0 Å². The Morgan fingerprint density at radius 3 is 1.53 bits per heavy atom.